The van der Waals surface area contributed by atoms with E-state index in [2.05, 4.69) is 29.0 Å². The standard InChI is InChI=1S/C16H17ClN2O2/c1-2-3-11-4-6-12(7-5-11)15-10-18-13(9-19-15)8-14(17)16(20)21/h4-7,9-10,14H,2-3,8H2,1H3,(H,20,21)/t14-/m1/s1. The molecule has 0 unspecified atom stereocenters. The number of aromatic nitrogens is 2. The first-order chi connectivity index (χ1) is 10.1. The molecule has 0 radical (unpaired) electrons. The first kappa shape index (κ1) is 15.4. The van der Waals surface area contributed by atoms with Gasteiger partial charge in [0, 0.05) is 18.2 Å². The van der Waals surface area contributed by atoms with Gasteiger partial charge in [0.05, 0.1) is 17.6 Å². The van der Waals surface area contributed by atoms with Crippen LogP contribution in [0.5, 0.6) is 0 Å². The van der Waals surface area contributed by atoms with E-state index in [0.717, 1.165) is 24.1 Å². The number of halogens is 1. The third kappa shape index (κ3) is 4.26. The fourth-order valence-corrected chi connectivity index (χ4v) is 2.17. The summed E-state index contributed by atoms with van der Waals surface area (Å²) >= 11 is 5.69. The Kier molecular flexibility index (Phi) is 5.28. The number of benzene rings is 1. The average Bonchev–Trinajstić information content (AvgIpc) is 2.49. The zero-order valence-corrected chi connectivity index (χ0v) is 12.5. The van der Waals surface area contributed by atoms with Gasteiger partial charge in [-0.2, -0.15) is 0 Å². The van der Waals surface area contributed by atoms with Crippen molar-refractivity contribution in [1.29, 1.82) is 0 Å². The van der Waals surface area contributed by atoms with E-state index in [4.69, 9.17) is 16.7 Å². The van der Waals surface area contributed by atoms with Crippen molar-refractivity contribution in [2.24, 2.45) is 0 Å². The van der Waals surface area contributed by atoms with Gasteiger partial charge in [0.2, 0.25) is 0 Å². The molecule has 0 bridgehead atoms. The molecule has 1 heterocycles. The van der Waals surface area contributed by atoms with E-state index in [9.17, 15) is 4.79 Å². The fraction of sp³-hybridized carbons (Fsp3) is 0.312. The van der Waals surface area contributed by atoms with E-state index >= 15 is 0 Å². The van der Waals surface area contributed by atoms with E-state index in [-0.39, 0.29) is 6.42 Å². The average molecular weight is 305 g/mol. The van der Waals surface area contributed by atoms with Crippen LogP contribution in [-0.4, -0.2) is 26.4 Å². The zero-order chi connectivity index (χ0) is 15.2. The molecule has 1 aromatic heterocycles. The maximum absolute atomic E-state index is 10.7. The summed E-state index contributed by atoms with van der Waals surface area (Å²) in [5, 5.41) is 7.79. The molecule has 4 nitrogen and oxygen atoms in total. The van der Waals surface area contributed by atoms with Gasteiger partial charge >= 0.3 is 5.97 Å². The lowest BCUT2D eigenvalue weighted by atomic mass is 10.1. The highest BCUT2D eigenvalue weighted by Gasteiger charge is 2.15. The van der Waals surface area contributed by atoms with Crippen molar-refractivity contribution in [1.82, 2.24) is 9.97 Å². The monoisotopic (exact) mass is 304 g/mol. The van der Waals surface area contributed by atoms with Crippen molar-refractivity contribution in [2.45, 2.75) is 31.6 Å². The van der Waals surface area contributed by atoms with Gasteiger partial charge in [0.1, 0.15) is 5.38 Å². The second-order valence-corrected chi connectivity index (χ2v) is 5.38. The molecule has 1 atom stereocenters. The number of nitrogens with zero attached hydrogens (tertiary/aromatic N) is 2. The summed E-state index contributed by atoms with van der Waals surface area (Å²) in [5.74, 6) is -1.05. The van der Waals surface area contributed by atoms with Crippen LogP contribution in [0.1, 0.15) is 24.6 Å². The molecular weight excluding hydrogens is 288 g/mol. The lowest BCUT2D eigenvalue weighted by molar-refractivity contribution is -0.136. The highest BCUT2D eigenvalue weighted by atomic mass is 35.5. The van der Waals surface area contributed by atoms with Crippen LogP contribution in [-0.2, 0) is 17.6 Å². The Morgan fingerprint density at radius 2 is 1.95 bits per heavy atom. The topological polar surface area (TPSA) is 63.1 Å². The molecule has 0 saturated heterocycles. The molecule has 2 aromatic rings. The van der Waals surface area contributed by atoms with Crippen LogP contribution in [0.3, 0.4) is 0 Å². The van der Waals surface area contributed by atoms with Crippen LogP contribution < -0.4 is 0 Å². The number of aryl methyl sites for hydroxylation is 1. The lowest BCUT2D eigenvalue weighted by Crippen LogP contribution is -2.16. The van der Waals surface area contributed by atoms with Gasteiger partial charge < -0.3 is 5.11 Å². The summed E-state index contributed by atoms with van der Waals surface area (Å²) in [6.07, 6.45) is 5.58. The van der Waals surface area contributed by atoms with Crippen LogP contribution >= 0.6 is 11.6 Å². The normalized spacial score (nSPS) is 12.1. The van der Waals surface area contributed by atoms with Gasteiger partial charge in [-0.3, -0.25) is 14.8 Å². The van der Waals surface area contributed by atoms with E-state index in [0.29, 0.717) is 5.69 Å². The first-order valence-electron chi connectivity index (χ1n) is 6.87. The van der Waals surface area contributed by atoms with Crippen molar-refractivity contribution in [3.8, 4) is 11.3 Å². The lowest BCUT2D eigenvalue weighted by Gasteiger charge is -2.05. The van der Waals surface area contributed by atoms with Gasteiger partial charge in [0.25, 0.3) is 0 Å². The highest BCUT2D eigenvalue weighted by Crippen LogP contribution is 2.18. The number of hydrogen-bond acceptors (Lipinski definition) is 3. The van der Waals surface area contributed by atoms with Gasteiger partial charge in [-0.05, 0) is 12.0 Å². The molecule has 1 aromatic carbocycles. The SMILES string of the molecule is CCCc1ccc(-c2cnc(C[C@@H](Cl)C(=O)O)cn2)cc1. The summed E-state index contributed by atoms with van der Waals surface area (Å²) in [7, 11) is 0. The predicted octanol–water partition coefficient (Wildman–Crippen LogP) is 3.33. The minimum atomic E-state index is -1.05. The number of carbonyl (C=O) groups is 1. The van der Waals surface area contributed by atoms with Crippen molar-refractivity contribution >= 4 is 17.6 Å². The molecule has 2 rings (SSSR count). The number of hydrogen-bond donors (Lipinski definition) is 1. The van der Waals surface area contributed by atoms with Gasteiger partial charge in [-0.1, -0.05) is 37.6 Å². The Hall–Kier alpha value is -1.94. The second-order valence-electron chi connectivity index (χ2n) is 4.85. The molecule has 110 valence electrons. The maximum atomic E-state index is 10.7. The van der Waals surface area contributed by atoms with Crippen LogP contribution in [0, 0.1) is 0 Å². The molecule has 5 heteroatoms. The van der Waals surface area contributed by atoms with Crippen LogP contribution in [0.4, 0.5) is 0 Å². The number of alkyl halides is 1. The summed E-state index contributed by atoms with van der Waals surface area (Å²) < 4.78 is 0. The fourth-order valence-electron chi connectivity index (χ4n) is 2.01. The smallest absolute Gasteiger partial charge is 0.322 e. The minimum Gasteiger partial charge on any atom is -0.480 e. The van der Waals surface area contributed by atoms with Gasteiger partial charge in [-0.25, -0.2) is 0 Å². The number of rotatable bonds is 6. The van der Waals surface area contributed by atoms with E-state index in [1.807, 2.05) is 12.1 Å². The largest absolute Gasteiger partial charge is 0.480 e. The van der Waals surface area contributed by atoms with Crippen LogP contribution in [0.15, 0.2) is 36.7 Å². The van der Waals surface area contributed by atoms with Gasteiger partial charge in [0.15, 0.2) is 0 Å². The van der Waals surface area contributed by atoms with Gasteiger partial charge in [-0.15, -0.1) is 11.6 Å². The molecule has 0 saturated carbocycles. The molecule has 21 heavy (non-hydrogen) atoms. The van der Waals surface area contributed by atoms with Crippen molar-refractivity contribution < 1.29 is 9.90 Å². The number of carboxylic acid groups (broad SMARTS) is 1. The second kappa shape index (κ2) is 7.18. The molecule has 0 aliphatic carbocycles. The van der Waals surface area contributed by atoms with E-state index in [1.165, 1.54) is 5.56 Å². The Labute approximate surface area is 128 Å². The van der Waals surface area contributed by atoms with Crippen LogP contribution in [0.25, 0.3) is 11.3 Å². The van der Waals surface area contributed by atoms with Crippen molar-refractivity contribution in [2.75, 3.05) is 0 Å². The number of aliphatic carboxylic acids is 1. The summed E-state index contributed by atoms with van der Waals surface area (Å²) in [6.45, 7) is 2.15. The van der Waals surface area contributed by atoms with Crippen molar-refractivity contribution in [3.05, 3.63) is 47.9 Å². The molecule has 0 spiro atoms. The third-order valence-corrected chi connectivity index (χ3v) is 3.49. The van der Waals surface area contributed by atoms with E-state index in [1.54, 1.807) is 12.4 Å². The summed E-state index contributed by atoms with van der Waals surface area (Å²) in [5.41, 5.74) is 3.64. The number of carboxylic acids is 1. The van der Waals surface area contributed by atoms with Crippen molar-refractivity contribution in [3.63, 3.8) is 0 Å². The quantitative estimate of drug-likeness (QED) is 0.831. The molecular formula is C16H17ClN2O2. The Morgan fingerprint density at radius 3 is 2.48 bits per heavy atom. The molecule has 0 amide bonds. The van der Waals surface area contributed by atoms with E-state index < -0.39 is 11.3 Å². The summed E-state index contributed by atoms with van der Waals surface area (Å²) in [4.78, 5) is 19.2. The molecule has 0 aliphatic rings. The Balaban J connectivity index is 2.09. The first-order valence-corrected chi connectivity index (χ1v) is 7.31. The Morgan fingerprint density at radius 1 is 1.24 bits per heavy atom. The van der Waals surface area contributed by atoms with Crippen LogP contribution in [0.2, 0.25) is 0 Å². The maximum Gasteiger partial charge on any atom is 0.322 e. The molecule has 0 fully saturated rings. The Bertz CT molecular complexity index is 597. The zero-order valence-electron chi connectivity index (χ0n) is 11.8. The summed E-state index contributed by atoms with van der Waals surface area (Å²) in [6, 6.07) is 8.23. The highest BCUT2D eigenvalue weighted by molar-refractivity contribution is 6.29. The molecule has 0 aliphatic heterocycles. The third-order valence-electron chi connectivity index (χ3n) is 3.15. The minimum absolute atomic E-state index is 0.166. The predicted molar refractivity (Wildman–Crippen MR) is 82.4 cm³/mol. The molecule has 1 N–H and O–H groups in total.